The largest absolute Gasteiger partial charge is 0.352 e. The molecule has 1 aliphatic carbocycles. The van der Waals surface area contributed by atoms with Gasteiger partial charge < -0.3 is 11.1 Å². The molecule has 0 saturated heterocycles. The molecule has 1 rings (SSSR count). The van der Waals surface area contributed by atoms with Gasteiger partial charge in [0.25, 0.3) is 0 Å². The number of nitrogens with two attached hydrogens (primary N) is 1. The molecule has 0 aromatic heterocycles. The van der Waals surface area contributed by atoms with Gasteiger partial charge in [-0.2, -0.15) is 0 Å². The Labute approximate surface area is 86.4 Å². The number of carbonyl (C=O) groups is 1. The summed E-state index contributed by atoms with van der Waals surface area (Å²) >= 11 is 0. The van der Waals surface area contributed by atoms with Gasteiger partial charge in [-0.3, -0.25) is 4.79 Å². The normalized spacial score (nSPS) is 18.7. The number of carbonyl (C=O) groups excluding carboxylic acids is 1. The van der Waals surface area contributed by atoms with Crippen molar-refractivity contribution in [3.63, 3.8) is 0 Å². The summed E-state index contributed by atoms with van der Waals surface area (Å²) in [7, 11) is 0. The van der Waals surface area contributed by atoms with Crippen LogP contribution in [0.5, 0.6) is 0 Å². The summed E-state index contributed by atoms with van der Waals surface area (Å²) in [4.78, 5) is 11.6. The number of hydrogen-bond donors (Lipinski definition) is 2. The summed E-state index contributed by atoms with van der Waals surface area (Å²) in [5, 5.41) is 3.04. The van der Waals surface area contributed by atoms with Crippen LogP contribution in [0, 0.1) is 5.92 Å². The van der Waals surface area contributed by atoms with E-state index >= 15 is 0 Å². The zero-order chi connectivity index (χ0) is 10.4. The molecular weight excluding hydrogens is 176 g/mol. The summed E-state index contributed by atoms with van der Waals surface area (Å²) in [6.45, 7) is 2.72. The van der Waals surface area contributed by atoms with Gasteiger partial charge in [-0.1, -0.05) is 26.2 Å². The molecule has 0 bridgehead atoms. The van der Waals surface area contributed by atoms with Crippen LogP contribution in [0.2, 0.25) is 0 Å². The molecular formula is C11H22N2O. The first kappa shape index (κ1) is 11.5. The molecule has 1 fully saturated rings. The molecule has 1 saturated carbocycles. The minimum absolute atomic E-state index is 0.197. The van der Waals surface area contributed by atoms with Gasteiger partial charge in [0.2, 0.25) is 5.91 Å². The Morgan fingerprint density at radius 2 is 2.29 bits per heavy atom. The van der Waals surface area contributed by atoms with E-state index in [4.69, 9.17) is 5.73 Å². The van der Waals surface area contributed by atoms with Crippen LogP contribution in [0.25, 0.3) is 0 Å². The van der Waals surface area contributed by atoms with Gasteiger partial charge in [0.1, 0.15) is 0 Å². The van der Waals surface area contributed by atoms with E-state index < -0.39 is 0 Å². The third-order valence-corrected chi connectivity index (χ3v) is 3.01. The Bertz CT molecular complexity index is 178. The van der Waals surface area contributed by atoms with Crippen molar-refractivity contribution in [2.75, 3.05) is 6.54 Å². The third-order valence-electron chi connectivity index (χ3n) is 3.01. The second kappa shape index (κ2) is 6.02. The predicted octanol–water partition coefficient (Wildman–Crippen LogP) is 1.42. The second-order valence-electron chi connectivity index (χ2n) is 4.21. The molecule has 0 aromatic rings. The van der Waals surface area contributed by atoms with E-state index in [-0.39, 0.29) is 17.9 Å². The average molecular weight is 198 g/mol. The molecule has 0 aromatic carbocycles. The van der Waals surface area contributed by atoms with Crippen LogP contribution >= 0.6 is 0 Å². The Morgan fingerprint density at radius 1 is 1.57 bits per heavy atom. The number of nitrogens with one attached hydrogen (secondary N) is 1. The number of hydrogen-bond acceptors (Lipinski definition) is 2. The van der Waals surface area contributed by atoms with Crippen LogP contribution in [0.3, 0.4) is 0 Å². The van der Waals surface area contributed by atoms with Crippen molar-refractivity contribution < 1.29 is 4.79 Å². The zero-order valence-corrected chi connectivity index (χ0v) is 9.09. The molecule has 0 radical (unpaired) electrons. The lowest BCUT2D eigenvalue weighted by molar-refractivity contribution is -0.128. The number of rotatable bonds is 6. The smallest absolute Gasteiger partial charge is 0.223 e. The van der Waals surface area contributed by atoms with Crippen molar-refractivity contribution >= 4 is 5.91 Å². The molecule has 0 aliphatic heterocycles. The molecule has 0 heterocycles. The molecule has 3 N–H and O–H groups in total. The highest BCUT2D eigenvalue weighted by Gasteiger charge is 2.26. The summed E-state index contributed by atoms with van der Waals surface area (Å²) in [6.07, 6.45) is 6.67. The highest BCUT2D eigenvalue weighted by Crippen LogP contribution is 2.26. The summed E-state index contributed by atoms with van der Waals surface area (Å²) in [6, 6.07) is 0.197. The van der Waals surface area contributed by atoms with Crippen LogP contribution in [-0.2, 0) is 4.79 Å². The van der Waals surface area contributed by atoms with Gasteiger partial charge in [0.05, 0.1) is 0 Å². The third kappa shape index (κ3) is 3.29. The van der Waals surface area contributed by atoms with Gasteiger partial charge in [-0.05, 0) is 19.3 Å². The SMILES string of the molecule is CCCCC(CN)NC(=O)C1CCC1. The highest BCUT2D eigenvalue weighted by molar-refractivity contribution is 5.79. The van der Waals surface area contributed by atoms with E-state index in [2.05, 4.69) is 12.2 Å². The van der Waals surface area contributed by atoms with Crippen molar-refractivity contribution in [2.45, 2.75) is 51.5 Å². The van der Waals surface area contributed by atoms with Crippen LogP contribution in [0.15, 0.2) is 0 Å². The van der Waals surface area contributed by atoms with Crippen molar-refractivity contribution in [3.05, 3.63) is 0 Å². The van der Waals surface area contributed by atoms with Crippen molar-refractivity contribution in [1.29, 1.82) is 0 Å². The molecule has 1 amide bonds. The van der Waals surface area contributed by atoms with Crippen LogP contribution in [0.4, 0.5) is 0 Å². The minimum atomic E-state index is 0.197. The first-order valence-electron chi connectivity index (χ1n) is 5.78. The summed E-state index contributed by atoms with van der Waals surface area (Å²) < 4.78 is 0. The number of unbranched alkanes of at least 4 members (excludes halogenated alkanes) is 1. The minimum Gasteiger partial charge on any atom is -0.352 e. The standard InChI is InChI=1S/C11H22N2O/c1-2-3-7-10(8-12)13-11(14)9-5-4-6-9/h9-10H,2-8,12H2,1H3,(H,13,14). The quantitative estimate of drug-likeness (QED) is 0.678. The van der Waals surface area contributed by atoms with Gasteiger partial charge in [0, 0.05) is 18.5 Å². The van der Waals surface area contributed by atoms with E-state index in [1.54, 1.807) is 0 Å². The Kier molecular flexibility index (Phi) is 4.94. The second-order valence-corrected chi connectivity index (χ2v) is 4.21. The van der Waals surface area contributed by atoms with Crippen molar-refractivity contribution in [2.24, 2.45) is 11.7 Å². The van der Waals surface area contributed by atoms with Gasteiger partial charge in [-0.25, -0.2) is 0 Å². The lowest BCUT2D eigenvalue weighted by atomic mass is 9.84. The molecule has 3 nitrogen and oxygen atoms in total. The van der Waals surface area contributed by atoms with E-state index in [0.29, 0.717) is 6.54 Å². The van der Waals surface area contributed by atoms with E-state index in [0.717, 1.165) is 32.1 Å². The maximum absolute atomic E-state index is 11.6. The Morgan fingerprint density at radius 3 is 2.71 bits per heavy atom. The fourth-order valence-electron chi connectivity index (χ4n) is 1.69. The van der Waals surface area contributed by atoms with Crippen LogP contribution < -0.4 is 11.1 Å². The Balaban J connectivity index is 2.20. The lowest BCUT2D eigenvalue weighted by Gasteiger charge is -2.27. The first-order valence-corrected chi connectivity index (χ1v) is 5.78. The van der Waals surface area contributed by atoms with Crippen LogP contribution in [-0.4, -0.2) is 18.5 Å². The topological polar surface area (TPSA) is 55.1 Å². The molecule has 3 heteroatoms. The van der Waals surface area contributed by atoms with Crippen molar-refractivity contribution in [3.8, 4) is 0 Å². The lowest BCUT2D eigenvalue weighted by Crippen LogP contribution is -2.44. The van der Waals surface area contributed by atoms with E-state index in [9.17, 15) is 4.79 Å². The Hall–Kier alpha value is -0.570. The molecule has 0 spiro atoms. The monoisotopic (exact) mass is 198 g/mol. The molecule has 1 unspecified atom stereocenters. The van der Waals surface area contributed by atoms with Crippen LogP contribution in [0.1, 0.15) is 45.4 Å². The van der Waals surface area contributed by atoms with Gasteiger partial charge in [0.15, 0.2) is 0 Å². The maximum atomic E-state index is 11.6. The zero-order valence-electron chi connectivity index (χ0n) is 9.09. The fourth-order valence-corrected chi connectivity index (χ4v) is 1.69. The van der Waals surface area contributed by atoms with Crippen molar-refractivity contribution in [1.82, 2.24) is 5.32 Å². The molecule has 14 heavy (non-hydrogen) atoms. The first-order chi connectivity index (χ1) is 6.77. The van der Waals surface area contributed by atoms with Gasteiger partial charge >= 0.3 is 0 Å². The molecule has 82 valence electrons. The average Bonchev–Trinajstić information content (AvgIpc) is 2.09. The van der Waals surface area contributed by atoms with Gasteiger partial charge in [-0.15, -0.1) is 0 Å². The molecule has 1 aliphatic rings. The summed E-state index contributed by atoms with van der Waals surface area (Å²) in [5.41, 5.74) is 5.61. The van der Waals surface area contributed by atoms with E-state index in [1.807, 2.05) is 0 Å². The number of amides is 1. The highest BCUT2D eigenvalue weighted by atomic mass is 16.2. The molecule has 1 atom stereocenters. The maximum Gasteiger partial charge on any atom is 0.223 e. The predicted molar refractivity (Wildman–Crippen MR) is 57.9 cm³/mol. The fraction of sp³-hybridized carbons (Fsp3) is 0.909. The van der Waals surface area contributed by atoms with E-state index in [1.165, 1.54) is 6.42 Å². The summed E-state index contributed by atoms with van der Waals surface area (Å²) in [5.74, 6) is 0.508.